The summed E-state index contributed by atoms with van der Waals surface area (Å²) in [7, 11) is 0. The standard InChI is InChI=1S/C16H22ClNO5/c1-5-18(15(21)23-16(2,3)4)8-9-22-13-10-11(17)6-7-12(13)14(19)20/h6-7,10H,5,8-9H2,1-4H3,(H,19,20). The summed E-state index contributed by atoms with van der Waals surface area (Å²) in [6, 6.07) is 4.30. The number of nitrogens with zero attached hydrogens (tertiary/aromatic N) is 1. The number of carbonyl (C=O) groups excluding carboxylic acids is 1. The van der Waals surface area contributed by atoms with Crippen molar-refractivity contribution in [1.29, 1.82) is 0 Å². The zero-order chi connectivity index (χ0) is 17.6. The number of likely N-dealkylation sites (N-methyl/N-ethyl adjacent to an activating group) is 1. The van der Waals surface area contributed by atoms with Gasteiger partial charge in [-0.2, -0.15) is 0 Å². The topological polar surface area (TPSA) is 76.1 Å². The number of halogens is 1. The molecular formula is C16H22ClNO5. The molecule has 0 aromatic heterocycles. The minimum atomic E-state index is -1.10. The Hall–Kier alpha value is -1.95. The average molecular weight is 344 g/mol. The van der Waals surface area contributed by atoms with E-state index < -0.39 is 17.7 Å². The summed E-state index contributed by atoms with van der Waals surface area (Å²) < 4.78 is 10.8. The second-order valence-electron chi connectivity index (χ2n) is 5.85. The minimum Gasteiger partial charge on any atom is -0.491 e. The second-order valence-corrected chi connectivity index (χ2v) is 6.29. The van der Waals surface area contributed by atoms with Crippen LogP contribution in [0.3, 0.4) is 0 Å². The number of aromatic carboxylic acids is 1. The smallest absolute Gasteiger partial charge is 0.410 e. The first-order valence-corrected chi connectivity index (χ1v) is 7.65. The van der Waals surface area contributed by atoms with Gasteiger partial charge < -0.3 is 19.5 Å². The van der Waals surface area contributed by atoms with Crippen molar-refractivity contribution >= 4 is 23.7 Å². The third kappa shape index (κ3) is 6.36. The van der Waals surface area contributed by atoms with Gasteiger partial charge in [0.1, 0.15) is 23.5 Å². The maximum Gasteiger partial charge on any atom is 0.410 e. The zero-order valence-corrected chi connectivity index (χ0v) is 14.5. The molecule has 0 fully saturated rings. The molecule has 0 atom stereocenters. The third-order valence-corrected chi connectivity index (χ3v) is 3.06. The molecule has 0 spiro atoms. The Labute approximate surface area is 140 Å². The molecule has 6 nitrogen and oxygen atoms in total. The van der Waals surface area contributed by atoms with Gasteiger partial charge in [0.15, 0.2) is 0 Å². The molecule has 0 radical (unpaired) electrons. The number of carbonyl (C=O) groups is 2. The summed E-state index contributed by atoms with van der Waals surface area (Å²) in [4.78, 5) is 24.6. The number of hydrogen-bond donors (Lipinski definition) is 1. The summed E-state index contributed by atoms with van der Waals surface area (Å²) in [5, 5.41) is 9.50. The highest BCUT2D eigenvalue weighted by Gasteiger charge is 2.21. The van der Waals surface area contributed by atoms with Crippen molar-refractivity contribution in [2.24, 2.45) is 0 Å². The van der Waals surface area contributed by atoms with E-state index in [-0.39, 0.29) is 24.5 Å². The van der Waals surface area contributed by atoms with Gasteiger partial charge in [-0.25, -0.2) is 9.59 Å². The van der Waals surface area contributed by atoms with E-state index in [9.17, 15) is 9.59 Å². The van der Waals surface area contributed by atoms with E-state index in [4.69, 9.17) is 26.2 Å². The van der Waals surface area contributed by atoms with Crippen molar-refractivity contribution in [3.63, 3.8) is 0 Å². The van der Waals surface area contributed by atoms with Gasteiger partial charge in [0.05, 0.1) is 6.54 Å². The lowest BCUT2D eigenvalue weighted by atomic mass is 10.2. The molecule has 23 heavy (non-hydrogen) atoms. The number of benzene rings is 1. The van der Waals surface area contributed by atoms with Crippen LogP contribution < -0.4 is 4.74 Å². The van der Waals surface area contributed by atoms with E-state index in [1.165, 1.54) is 23.1 Å². The van der Waals surface area contributed by atoms with Crippen LogP contribution >= 0.6 is 11.6 Å². The van der Waals surface area contributed by atoms with E-state index >= 15 is 0 Å². The fraction of sp³-hybridized carbons (Fsp3) is 0.500. The first-order valence-electron chi connectivity index (χ1n) is 7.27. The first-order chi connectivity index (χ1) is 10.6. The Kier molecular flexibility index (Phi) is 6.69. The van der Waals surface area contributed by atoms with Crippen molar-refractivity contribution in [1.82, 2.24) is 4.90 Å². The zero-order valence-electron chi connectivity index (χ0n) is 13.8. The summed E-state index contributed by atoms with van der Waals surface area (Å²) in [5.74, 6) is -0.929. The van der Waals surface area contributed by atoms with Crippen molar-refractivity contribution in [3.8, 4) is 5.75 Å². The predicted octanol–water partition coefficient (Wildman–Crippen LogP) is 3.67. The van der Waals surface area contributed by atoms with Crippen LogP contribution in [0, 0.1) is 0 Å². The Balaban J connectivity index is 2.66. The molecular weight excluding hydrogens is 322 g/mol. The molecule has 1 rings (SSSR count). The van der Waals surface area contributed by atoms with E-state index in [2.05, 4.69) is 0 Å². The van der Waals surface area contributed by atoms with Crippen LogP contribution in [0.25, 0.3) is 0 Å². The van der Waals surface area contributed by atoms with Crippen LogP contribution in [0.2, 0.25) is 5.02 Å². The minimum absolute atomic E-state index is 0.0229. The summed E-state index contributed by atoms with van der Waals surface area (Å²) >= 11 is 5.86. The van der Waals surface area contributed by atoms with Gasteiger partial charge in [0.2, 0.25) is 0 Å². The van der Waals surface area contributed by atoms with Gasteiger partial charge in [-0.3, -0.25) is 0 Å². The van der Waals surface area contributed by atoms with Crippen LogP contribution in [0.15, 0.2) is 18.2 Å². The molecule has 0 saturated carbocycles. The molecule has 1 amide bonds. The Morgan fingerprint density at radius 2 is 1.96 bits per heavy atom. The SMILES string of the molecule is CCN(CCOc1cc(Cl)ccc1C(=O)O)C(=O)OC(C)(C)C. The third-order valence-electron chi connectivity index (χ3n) is 2.83. The van der Waals surface area contributed by atoms with Crippen molar-refractivity contribution in [2.75, 3.05) is 19.7 Å². The normalized spacial score (nSPS) is 11.0. The molecule has 0 aliphatic heterocycles. The molecule has 0 aliphatic carbocycles. The molecule has 7 heteroatoms. The van der Waals surface area contributed by atoms with Crippen molar-refractivity contribution in [2.45, 2.75) is 33.3 Å². The molecule has 128 valence electrons. The van der Waals surface area contributed by atoms with E-state index in [0.717, 1.165) is 0 Å². The molecule has 0 bridgehead atoms. The van der Waals surface area contributed by atoms with Crippen molar-refractivity contribution in [3.05, 3.63) is 28.8 Å². The predicted molar refractivity (Wildman–Crippen MR) is 87.4 cm³/mol. The van der Waals surface area contributed by atoms with Gasteiger partial charge in [0, 0.05) is 11.6 Å². The maximum atomic E-state index is 12.0. The Morgan fingerprint density at radius 3 is 2.48 bits per heavy atom. The van der Waals surface area contributed by atoms with Gasteiger partial charge >= 0.3 is 12.1 Å². The highest BCUT2D eigenvalue weighted by Crippen LogP contribution is 2.23. The fourth-order valence-electron chi connectivity index (χ4n) is 1.76. The second kappa shape index (κ2) is 8.06. The number of rotatable bonds is 6. The van der Waals surface area contributed by atoms with Gasteiger partial charge in [-0.15, -0.1) is 0 Å². The lowest BCUT2D eigenvalue weighted by Gasteiger charge is -2.26. The number of carboxylic acid groups (broad SMARTS) is 1. The maximum absolute atomic E-state index is 12.0. The highest BCUT2D eigenvalue weighted by atomic mass is 35.5. The number of amides is 1. The summed E-state index contributed by atoms with van der Waals surface area (Å²) in [6.07, 6.45) is -0.437. The molecule has 0 saturated heterocycles. The van der Waals surface area contributed by atoms with E-state index in [1.807, 2.05) is 6.92 Å². The molecule has 1 N–H and O–H groups in total. The van der Waals surface area contributed by atoms with Gasteiger partial charge in [-0.1, -0.05) is 11.6 Å². The number of carboxylic acids is 1. The monoisotopic (exact) mass is 343 g/mol. The van der Waals surface area contributed by atoms with E-state index in [0.29, 0.717) is 11.6 Å². The first kappa shape index (κ1) is 19.1. The lowest BCUT2D eigenvalue weighted by Crippen LogP contribution is -2.39. The Bertz CT molecular complexity index is 568. The van der Waals surface area contributed by atoms with Crippen LogP contribution in [-0.2, 0) is 4.74 Å². The quantitative estimate of drug-likeness (QED) is 0.852. The van der Waals surface area contributed by atoms with E-state index in [1.54, 1.807) is 20.8 Å². The number of hydrogen-bond acceptors (Lipinski definition) is 4. The molecule has 0 aliphatic rings. The lowest BCUT2D eigenvalue weighted by molar-refractivity contribution is 0.0236. The van der Waals surface area contributed by atoms with Crippen LogP contribution in [0.4, 0.5) is 4.79 Å². The fourth-order valence-corrected chi connectivity index (χ4v) is 1.93. The van der Waals surface area contributed by atoms with Crippen molar-refractivity contribution < 1.29 is 24.2 Å². The molecule has 1 aromatic rings. The van der Waals surface area contributed by atoms with Crippen LogP contribution in [0.5, 0.6) is 5.75 Å². The average Bonchev–Trinajstić information content (AvgIpc) is 2.41. The molecule has 1 aromatic carbocycles. The van der Waals surface area contributed by atoms with Gasteiger partial charge in [0.25, 0.3) is 0 Å². The van der Waals surface area contributed by atoms with Gasteiger partial charge in [-0.05, 0) is 45.9 Å². The van der Waals surface area contributed by atoms with Crippen LogP contribution in [0.1, 0.15) is 38.1 Å². The summed E-state index contributed by atoms with van der Waals surface area (Å²) in [5.41, 5.74) is -0.552. The Morgan fingerprint density at radius 1 is 1.30 bits per heavy atom. The molecule has 0 unspecified atom stereocenters. The number of ether oxygens (including phenoxy) is 2. The molecule has 0 heterocycles. The van der Waals surface area contributed by atoms with Crippen LogP contribution in [-0.4, -0.2) is 47.4 Å². The highest BCUT2D eigenvalue weighted by molar-refractivity contribution is 6.30. The summed E-state index contributed by atoms with van der Waals surface area (Å²) in [6.45, 7) is 8.07. The largest absolute Gasteiger partial charge is 0.491 e.